The molecule has 0 saturated heterocycles. The first-order valence-corrected chi connectivity index (χ1v) is 7.55. The number of ether oxygens (including phenoxy) is 1. The highest BCUT2D eigenvalue weighted by Gasteiger charge is 2.06. The summed E-state index contributed by atoms with van der Waals surface area (Å²) in [5.74, 6) is 0.577. The standard InChI is InChI=1S/C18H18N4O2/c1-13(14-7-9-15(24-2)10-8-14)20-21-18(23)11-22-12-19-16-5-3-4-6-17(16)22/h3-10,12H,11H2,1-2H3,(H,21,23)/b20-13+. The summed E-state index contributed by atoms with van der Waals surface area (Å²) in [5.41, 5.74) is 6.01. The van der Waals surface area contributed by atoms with E-state index in [1.165, 1.54) is 0 Å². The molecule has 0 aliphatic heterocycles. The van der Waals surface area contributed by atoms with Gasteiger partial charge in [-0.15, -0.1) is 0 Å². The van der Waals surface area contributed by atoms with E-state index in [0.29, 0.717) is 0 Å². The number of rotatable bonds is 5. The van der Waals surface area contributed by atoms with Crippen LogP contribution in [0, 0.1) is 0 Å². The lowest BCUT2D eigenvalue weighted by molar-refractivity contribution is -0.121. The number of methoxy groups -OCH3 is 1. The van der Waals surface area contributed by atoms with E-state index >= 15 is 0 Å². The number of nitrogens with one attached hydrogen (secondary N) is 1. The number of aromatic nitrogens is 2. The number of carbonyl (C=O) groups excluding carboxylic acids is 1. The van der Waals surface area contributed by atoms with Crippen molar-refractivity contribution in [2.24, 2.45) is 5.10 Å². The lowest BCUT2D eigenvalue weighted by Crippen LogP contribution is -2.24. The van der Waals surface area contributed by atoms with Crippen molar-refractivity contribution in [2.45, 2.75) is 13.5 Å². The quantitative estimate of drug-likeness (QED) is 0.580. The Labute approximate surface area is 139 Å². The maximum Gasteiger partial charge on any atom is 0.260 e. The van der Waals surface area contributed by atoms with Crippen molar-refractivity contribution in [1.82, 2.24) is 15.0 Å². The van der Waals surface area contributed by atoms with E-state index in [1.54, 1.807) is 18.0 Å². The van der Waals surface area contributed by atoms with E-state index in [0.717, 1.165) is 28.1 Å². The van der Waals surface area contributed by atoms with Crippen molar-refractivity contribution in [3.05, 3.63) is 60.4 Å². The number of amides is 1. The molecule has 0 unspecified atom stereocenters. The molecule has 1 N–H and O–H groups in total. The topological polar surface area (TPSA) is 68.5 Å². The van der Waals surface area contributed by atoms with E-state index in [9.17, 15) is 4.79 Å². The van der Waals surface area contributed by atoms with Gasteiger partial charge < -0.3 is 9.30 Å². The molecule has 0 spiro atoms. The molecular weight excluding hydrogens is 304 g/mol. The fourth-order valence-electron chi connectivity index (χ4n) is 2.37. The largest absolute Gasteiger partial charge is 0.497 e. The smallest absolute Gasteiger partial charge is 0.260 e. The van der Waals surface area contributed by atoms with E-state index in [2.05, 4.69) is 15.5 Å². The fourth-order valence-corrected chi connectivity index (χ4v) is 2.37. The summed E-state index contributed by atoms with van der Waals surface area (Å²) in [6, 6.07) is 15.2. The van der Waals surface area contributed by atoms with Crippen LogP contribution in [0.5, 0.6) is 5.75 Å². The number of hydrazone groups is 1. The zero-order chi connectivity index (χ0) is 16.9. The first kappa shape index (κ1) is 15.7. The monoisotopic (exact) mass is 322 g/mol. The van der Waals surface area contributed by atoms with Crippen LogP contribution in [-0.2, 0) is 11.3 Å². The molecule has 1 heterocycles. The lowest BCUT2D eigenvalue weighted by atomic mass is 10.1. The third kappa shape index (κ3) is 3.43. The molecular formula is C18H18N4O2. The minimum absolute atomic E-state index is 0.167. The lowest BCUT2D eigenvalue weighted by Gasteiger charge is -2.05. The molecule has 24 heavy (non-hydrogen) atoms. The van der Waals surface area contributed by atoms with Gasteiger partial charge in [0, 0.05) is 0 Å². The Morgan fingerprint density at radius 1 is 1.21 bits per heavy atom. The normalized spacial score (nSPS) is 11.5. The Balaban J connectivity index is 1.65. The van der Waals surface area contributed by atoms with E-state index in [1.807, 2.05) is 55.5 Å². The third-order valence-electron chi connectivity index (χ3n) is 3.70. The Morgan fingerprint density at radius 2 is 1.96 bits per heavy atom. The molecule has 0 fully saturated rings. The molecule has 0 radical (unpaired) electrons. The molecule has 122 valence electrons. The number of hydrogen-bond acceptors (Lipinski definition) is 4. The number of hydrogen-bond donors (Lipinski definition) is 1. The second-order valence-electron chi connectivity index (χ2n) is 5.32. The molecule has 1 aromatic heterocycles. The molecule has 0 saturated carbocycles. The maximum atomic E-state index is 12.1. The average molecular weight is 322 g/mol. The number of para-hydroxylation sites is 2. The van der Waals surface area contributed by atoms with Crippen LogP contribution in [0.25, 0.3) is 11.0 Å². The summed E-state index contributed by atoms with van der Waals surface area (Å²) in [6.07, 6.45) is 1.66. The van der Waals surface area contributed by atoms with Gasteiger partial charge in [-0.3, -0.25) is 4.79 Å². The number of nitrogens with zero attached hydrogens (tertiary/aromatic N) is 3. The van der Waals surface area contributed by atoms with Gasteiger partial charge in [0.2, 0.25) is 0 Å². The van der Waals surface area contributed by atoms with E-state index in [4.69, 9.17) is 4.74 Å². The minimum Gasteiger partial charge on any atom is -0.497 e. The first-order chi connectivity index (χ1) is 11.7. The summed E-state index contributed by atoms with van der Waals surface area (Å²) in [5, 5.41) is 4.15. The summed E-state index contributed by atoms with van der Waals surface area (Å²) >= 11 is 0. The highest BCUT2D eigenvalue weighted by molar-refractivity contribution is 5.99. The van der Waals surface area contributed by atoms with Crippen molar-refractivity contribution in [2.75, 3.05) is 7.11 Å². The van der Waals surface area contributed by atoms with Gasteiger partial charge in [0.1, 0.15) is 12.3 Å². The highest BCUT2D eigenvalue weighted by Crippen LogP contribution is 2.12. The summed E-state index contributed by atoms with van der Waals surface area (Å²) < 4.78 is 6.92. The predicted octanol–water partition coefficient (Wildman–Crippen LogP) is 2.59. The van der Waals surface area contributed by atoms with Crippen molar-refractivity contribution in [3.8, 4) is 5.75 Å². The second kappa shape index (κ2) is 6.95. The van der Waals surface area contributed by atoms with Crippen LogP contribution in [0.15, 0.2) is 60.0 Å². The van der Waals surface area contributed by atoms with Crippen molar-refractivity contribution < 1.29 is 9.53 Å². The summed E-state index contributed by atoms with van der Waals surface area (Å²) in [6.45, 7) is 2.01. The average Bonchev–Trinajstić information content (AvgIpc) is 3.03. The van der Waals surface area contributed by atoms with Crippen LogP contribution in [-0.4, -0.2) is 28.3 Å². The molecule has 3 rings (SSSR count). The van der Waals surface area contributed by atoms with Crippen molar-refractivity contribution in [1.29, 1.82) is 0 Å². The molecule has 1 amide bonds. The minimum atomic E-state index is -0.203. The molecule has 6 nitrogen and oxygen atoms in total. The number of imidazole rings is 1. The zero-order valence-corrected chi connectivity index (χ0v) is 13.6. The Morgan fingerprint density at radius 3 is 2.71 bits per heavy atom. The van der Waals surface area contributed by atoms with Gasteiger partial charge in [-0.1, -0.05) is 12.1 Å². The first-order valence-electron chi connectivity index (χ1n) is 7.55. The van der Waals surface area contributed by atoms with Crippen LogP contribution in [0.1, 0.15) is 12.5 Å². The van der Waals surface area contributed by atoms with Crippen molar-refractivity contribution in [3.63, 3.8) is 0 Å². The van der Waals surface area contributed by atoms with Gasteiger partial charge in [0.25, 0.3) is 5.91 Å². The molecule has 0 aliphatic carbocycles. The van der Waals surface area contributed by atoms with Crippen LogP contribution < -0.4 is 10.2 Å². The molecule has 6 heteroatoms. The zero-order valence-electron chi connectivity index (χ0n) is 13.6. The van der Waals surface area contributed by atoms with Crippen molar-refractivity contribution >= 4 is 22.7 Å². The van der Waals surface area contributed by atoms with E-state index < -0.39 is 0 Å². The second-order valence-corrected chi connectivity index (χ2v) is 5.32. The van der Waals surface area contributed by atoms with Gasteiger partial charge in [0.15, 0.2) is 0 Å². The van der Waals surface area contributed by atoms with Crippen LogP contribution in [0.2, 0.25) is 0 Å². The molecule has 0 bridgehead atoms. The van der Waals surface area contributed by atoms with Crippen LogP contribution in [0.3, 0.4) is 0 Å². The summed E-state index contributed by atoms with van der Waals surface area (Å²) in [4.78, 5) is 16.4. The maximum absolute atomic E-state index is 12.1. The van der Waals surface area contributed by atoms with Gasteiger partial charge in [0.05, 0.1) is 30.2 Å². The van der Waals surface area contributed by atoms with Gasteiger partial charge in [-0.25, -0.2) is 10.4 Å². The molecule has 3 aromatic rings. The number of carbonyl (C=O) groups is 1. The Hall–Kier alpha value is -3.15. The van der Waals surface area contributed by atoms with Crippen LogP contribution >= 0.6 is 0 Å². The van der Waals surface area contributed by atoms with Crippen LogP contribution in [0.4, 0.5) is 0 Å². The van der Waals surface area contributed by atoms with Gasteiger partial charge in [-0.2, -0.15) is 5.10 Å². The fraction of sp³-hybridized carbons (Fsp3) is 0.167. The summed E-state index contributed by atoms with van der Waals surface area (Å²) in [7, 11) is 1.62. The predicted molar refractivity (Wildman–Crippen MR) is 93.1 cm³/mol. The Bertz CT molecular complexity index is 881. The van der Waals surface area contributed by atoms with E-state index in [-0.39, 0.29) is 12.5 Å². The third-order valence-corrected chi connectivity index (χ3v) is 3.70. The molecule has 0 atom stereocenters. The Kier molecular flexibility index (Phi) is 4.56. The molecule has 0 aliphatic rings. The SMILES string of the molecule is COc1ccc(/C(C)=N/NC(=O)Cn2cnc3ccccc32)cc1. The highest BCUT2D eigenvalue weighted by atomic mass is 16.5. The molecule has 2 aromatic carbocycles. The van der Waals surface area contributed by atoms with Gasteiger partial charge >= 0.3 is 0 Å². The van der Waals surface area contributed by atoms with Gasteiger partial charge in [-0.05, 0) is 48.9 Å². The number of fused-ring (bicyclic) bond motifs is 1. The number of benzene rings is 2.